The first kappa shape index (κ1) is 51.2. The molecule has 0 aromatic carbocycles. The van der Waals surface area contributed by atoms with Gasteiger partial charge in [-0.1, -0.05) is 39.3 Å². The zero-order chi connectivity index (χ0) is 49.2. The molecule has 22 nitrogen and oxygen atoms in total. The van der Waals surface area contributed by atoms with Crippen molar-refractivity contribution in [2.24, 2.45) is 0 Å². The first-order chi connectivity index (χ1) is 32.2. The number of imidazole rings is 2. The van der Waals surface area contributed by atoms with Crippen LogP contribution in [-0.4, -0.2) is 127 Å². The number of carbonyl (C=O) groups excluding carboxylic acids is 2. The van der Waals surface area contributed by atoms with Gasteiger partial charge in [-0.25, -0.2) is 47.3 Å². The number of fused-ring (bicyclic) bond motifs is 2. The molecule has 8 rings (SSSR count). The van der Waals surface area contributed by atoms with Gasteiger partial charge in [0.05, 0.1) is 50.4 Å². The van der Waals surface area contributed by atoms with Crippen molar-refractivity contribution in [3.8, 4) is 22.5 Å². The van der Waals surface area contributed by atoms with Crippen LogP contribution in [0, 0.1) is 0 Å². The van der Waals surface area contributed by atoms with Gasteiger partial charge in [-0.05, 0) is 35.2 Å². The van der Waals surface area contributed by atoms with E-state index in [0.29, 0.717) is 40.6 Å². The molecule has 27 heteroatoms. The number of nitrogens with zero attached hydrogens (tertiary/aromatic N) is 12. The third-order valence-electron chi connectivity index (χ3n) is 9.54. The maximum atomic E-state index is 11.9. The highest BCUT2D eigenvalue weighted by molar-refractivity contribution is 7.90. The molecule has 0 saturated heterocycles. The van der Waals surface area contributed by atoms with Crippen LogP contribution in [0.2, 0.25) is 51.4 Å². The van der Waals surface area contributed by atoms with Crippen molar-refractivity contribution in [1.82, 2.24) is 57.0 Å². The Morgan fingerprint density at radius 2 is 1.21 bits per heavy atom. The predicted octanol–water partition coefficient (Wildman–Crippen LogP) is 6.71. The summed E-state index contributed by atoms with van der Waals surface area (Å²) >= 11 is 2.23. The largest absolute Gasteiger partial charge is 0.464 e. The zero-order valence-corrected chi connectivity index (χ0v) is 43.6. The molecular weight excluding hydrogens is 969 g/mol. The maximum absolute atomic E-state index is 11.9. The van der Waals surface area contributed by atoms with Crippen LogP contribution >= 0.6 is 23.1 Å². The maximum Gasteiger partial charge on any atom is 0.357 e. The summed E-state index contributed by atoms with van der Waals surface area (Å²) in [6, 6.07) is 5.34. The molecule has 8 heterocycles. The fraction of sp³-hybridized carbons (Fsp3) is 0.366. The minimum absolute atomic E-state index is 0.0340. The normalized spacial score (nSPS) is 11.8. The number of esters is 2. The second-order valence-electron chi connectivity index (χ2n) is 17.5. The van der Waals surface area contributed by atoms with Gasteiger partial charge in [0, 0.05) is 96.1 Å². The van der Waals surface area contributed by atoms with E-state index >= 15 is 0 Å². The van der Waals surface area contributed by atoms with Crippen LogP contribution in [0.3, 0.4) is 0 Å². The Balaban J connectivity index is 0.000000189. The van der Waals surface area contributed by atoms with E-state index in [-0.39, 0.29) is 16.4 Å². The molecule has 0 aliphatic rings. The minimum atomic E-state index is -3.45. The summed E-state index contributed by atoms with van der Waals surface area (Å²) in [5, 5.41) is 13.0. The number of hydrogen-bond acceptors (Lipinski definition) is 20. The molecule has 0 aliphatic heterocycles. The van der Waals surface area contributed by atoms with Gasteiger partial charge in [0.2, 0.25) is 0 Å². The van der Waals surface area contributed by atoms with Crippen LogP contribution < -0.4 is 11.1 Å². The lowest BCUT2D eigenvalue weighted by atomic mass is 10.3. The van der Waals surface area contributed by atoms with Crippen molar-refractivity contribution >= 4 is 88.1 Å². The Morgan fingerprint density at radius 3 is 1.71 bits per heavy atom. The quantitative estimate of drug-likeness (QED) is 0.0545. The monoisotopic (exact) mass is 1020 g/mol. The van der Waals surface area contributed by atoms with Crippen LogP contribution in [0.4, 0.5) is 15.8 Å². The third kappa shape index (κ3) is 13.9. The number of nitrogens with two attached hydrogens (primary N) is 1. The third-order valence-corrected chi connectivity index (χ3v) is 15.3. The number of methoxy groups -OCH3 is 2. The van der Waals surface area contributed by atoms with E-state index in [2.05, 4.69) is 88.2 Å². The highest BCUT2D eigenvalue weighted by Gasteiger charge is 2.20. The van der Waals surface area contributed by atoms with Gasteiger partial charge in [0.15, 0.2) is 43.4 Å². The summed E-state index contributed by atoms with van der Waals surface area (Å²) in [5.41, 5.74) is 10.2. The van der Waals surface area contributed by atoms with E-state index in [1.54, 1.807) is 57.0 Å². The zero-order valence-electron chi connectivity index (χ0n) is 39.1. The molecule has 0 unspecified atom stereocenters. The van der Waals surface area contributed by atoms with E-state index < -0.39 is 37.9 Å². The van der Waals surface area contributed by atoms with Crippen molar-refractivity contribution in [1.29, 1.82) is 0 Å². The summed E-state index contributed by atoms with van der Waals surface area (Å²) in [4.78, 5) is 39.4. The summed E-state index contributed by atoms with van der Waals surface area (Å²) in [5.74, 6) is -0.376. The van der Waals surface area contributed by atoms with Crippen molar-refractivity contribution < 1.29 is 37.0 Å². The molecule has 0 bridgehead atoms. The van der Waals surface area contributed by atoms with Crippen LogP contribution in [0.5, 0.6) is 0 Å². The molecule has 68 heavy (non-hydrogen) atoms. The number of aromatic nitrogens is 12. The van der Waals surface area contributed by atoms with Gasteiger partial charge in [0.25, 0.3) is 0 Å². The summed E-state index contributed by atoms with van der Waals surface area (Å²) in [6.07, 6.45) is 18.5. The number of ether oxygens (including phenoxy) is 4. The summed E-state index contributed by atoms with van der Waals surface area (Å²) in [7, 11) is -3.04. The predicted molar refractivity (Wildman–Crippen MR) is 264 cm³/mol. The van der Waals surface area contributed by atoms with Crippen LogP contribution in [-0.2, 0) is 42.2 Å². The minimum Gasteiger partial charge on any atom is -0.464 e. The number of carbonyl (C=O) groups is 2. The van der Waals surface area contributed by atoms with Gasteiger partial charge >= 0.3 is 11.9 Å². The van der Waals surface area contributed by atoms with Gasteiger partial charge in [-0.15, -0.1) is 0 Å². The summed E-state index contributed by atoms with van der Waals surface area (Å²) < 4.78 is 59.3. The molecule has 0 saturated carbocycles. The standard InChI is InChI=1S/C20H25N7O3SSi.C16H23N5O3SSi.C5H6N2O2S/c1-29-20(28)15-9-17(31-25-15)24-18-19-22-11-16(27(19)6-5-21-18)14-10-23-26(12-14)13-30-7-8-32(2,3)4;1-25(22,23)16-15-18-10-14(21(15)6-5-17-16)13-9-19-20(11-13)12-24-7-8-26(2,3)4;1-9-5(8)3-2-4(6)10-7-3/h5-6,9-12H,7-8,13H2,1-4H3,(H,21,24);5-6,9-11H,7-8,12H2,1-4H3;2H,6H2,1H3. The molecule has 8 aromatic rings. The fourth-order valence-electron chi connectivity index (χ4n) is 5.94. The Bertz CT molecular complexity index is 3080. The lowest BCUT2D eigenvalue weighted by Crippen LogP contribution is -2.22. The van der Waals surface area contributed by atoms with E-state index in [9.17, 15) is 18.0 Å². The van der Waals surface area contributed by atoms with Crippen molar-refractivity contribution in [2.45, 2.75) is 69.9 Å². The Kier molecular flexibility index (Phi) is 16.7. The number of nitrogen functional groups attached to an aromatic ring is 1. The first-order valence-electron chi connectivity index (χ1n) is 20.9. The van der Waals surface area contributed by atoms with Gasteiger partial charge in [0.1, 0.15) is 23.5 Å². The topological polar surface area (TPSA) is 265 Å². The number of anilines is 3. The molecule has 0 atom stereocenters. The molecule has 3 N–H and O–H groups in total. The molecule has 0 amide bonds. The van der Waals surface area contributed by atoms with Crippen LogP contribution in [0.25, 0.3) is 33.8 Å². The number of hydrogen-bond donors (Lipinski definition) is 2. The van der Waals surface area contributed by atoms with Crippen molar-refractivity contribution in [3.63, 3.8) is 0 Å². The Morgan fingerprint density at radius 1 is 0.706 bits per heavy atom. The van der Waals surface area contributed by atoms with Crippen LogP contribution in [0.15, 0.2) is 79.1 Å². The van der Waals surface area contributed by atoms with E-state index in [1.807, 2.05) is 23.0 Å². The molecule has 0 spiro atoms. The highest BCUT2D eigenvalue weighted by Crippen LogP contribution is 2.28. The molecule has 0 radical (unpaired) electrons. The fourth-order valence-corrected chi connectivity index (χ4v) is 9.31. The summed E-state index contributed by atoms with van der Waals surface area (Å²) in [6.45, 7) is 16.2. The molecule has 0 aliphatic carbocycles. The number of nitrogens with one attached hydrogen (secondary N) is 1. The molecule has 8 aromatic heterocycles. The van der Waals surface area contributed by atoms with Gasteiger partial charge in [-0.2, -0.15) is 18.9 Å². The second-order valence-corrected chi connectivity index (χ2v) is 32.3. The van der Waals surface area contributed by atoms with E-state index in [4.69, 9.17) is 19.9 Å². The number of rotatable bonds is 17. The molecule has 362 valence electrons. The Hall–Kier alpha value is -6.24. The van der Waals surface area contributed by atoms with Gasteiger partial charge in [-0.3, -0.25) is 8.80 Å². The van der Waals surface area contributed by atoms with Crippen molar-refractivity contribution in [2.75, 3.05) is 44.7 Å². The number of sulfone groups is 1. The highest BCUT2D eigenvalue weighted by atomic mass is 32.2. The molecule has 0 fully saturated rings. The second kappa shape index (κ2) is 22.2. The van der Waals surface area contributed by atoms with Gasteiger partial charge < -0.3 is 30.0 Å². The average molecular weight is 1020 g/mol. The van der Waals surface area contributed by atoms with E-state index in [1.165, 1.54) is 26.5 Å². The SMILES string of the molecule is COC(=O)c1cc(N)sn1.COC(=O)c1cc(Nc2nccn3c(-c4cnn(COCC[Si](C)(C)C)c4)cnc23)sn1.C[Si](C)(C)CCOCn1cc(-c2cnc3c(S(C)(=O)=O)nccn23)cn1. The smallest absolute Gasteiger partial charge is 0.357 e. The first-order valence-corrected chi connectivity index (χ1v) is 31.8. The molecular formula is C41H54N14O8S3Si2. The lowest BCUT2D eigenvalue weighted by molar-refractivity contribution is 0.0587. The van der Waals surface area contributed by atoms with Crippen molar-refractivity contribution in [3.05, 3.63) is 85.5 Å². The van der Waals surface area contributed by atoms with Crippen LogP contribution in [0.1, 0.15) is 21.0 Å². The average Bonchev–Trinajstić information content (AvgIpc) is 4.15. The van der Waals surface area contributed by atoms with E-state index in [0.717, 1.165) is 77.1 Å². The Labute approximate surface area is 402 Å². The lowest BCUT2D eigenvalue weighted by Gasteiger charge is -2.15.